The lowest BCUT2D eigenvalue weighted by molar-refractivity contribution is -0.274. The molecule has 0 atom stereocenters. The van der Waals surface area contributed by atoms with Crippen molar-refractivity contribution in [3.8, 4) is 22.8 Å². The Kier molecular flexibility index (Phi) is 6.17. The van der Waals surface area contributed by atoms with Gasteiger partial charge >= 0.3 is 6.36 Å². The summed E-state index contributed by atoms with van der Waals surface area (Å²) in [6, 6.07) is 13.2. The number of hydrogen-bond acceptors (Lipinski definition) is 6. The quantitative estimate of drug-likeness (QED) is 0.557. The molecule has 0 unspecified atom stereocenters. The van der Waals surface area contributed by atoms with E-state index < -0.39 is 12.1 Å². The molecule has 33 heavy (non-hydrogen) atoms. The Bertz CT molecular complexity index is 1140. The summed E-state index contributed by atoms with van der Waals surface area (Å²) in [5.41, 5.74) is 1.11. The van der Waals surface area contributed by atoms with Gasteiger partial charge in [0.1, 0.15) is 28.5 Å². The molecule has 0 radical (unpaired) electrons. The third-order valence-corrected chi connectivity index (χ3v) is 5.44. The van der Waals surface area contributed by atoms with E-state index in [1.54, 1.807) is 25.0 Å². The number of alkyl halides is 3. The first kappa shape index (κ1) is 22.5. The fourth-order valence-electron chi connectivity index (χ4n) is 3.88. The molecule has 1 aliphatic heterocycles. The summed E-state index contributed by atoms with van der Waals surface area (Å²) in [5.74, 6) is 0.165. The molecule has 1 fully saturated rings. The maximum atomic E-state index is 13.4. The number of amides is 1. The van der Waals surface area contributed by atoms with Gasteiger partial charge in [0.15, 0.2) is 0 Å². The molecule has 0 bridgehead atoms. The molecule has 1 saturated heterocycles. The topological polar surface area (TPSA) is 68.0 Å². The van der Waals surface area contributed by atoms with Gasteiger partial charge in [0, 0.05) is 31.7 Å². The van der Waals surface area contributed by atoms with Crippen LogP contribution in [0.4, 0.5) is 18.9 Å². The van der Waals surface area contributed by atoms with Crippen LogP contribution in [0.3, 0.4) is 0 Å². The lowest BCUT2D eigenvalue weighted by atomic mass is 10.0. The Hall–Kier alpha value is -3.69. The predicted octanol–water partition coefficient (Wildman–Crippen LogP) is 4.52. The fourth-order valence-corrected chi connectivity index (χ4v) is 3.88. The van der Waals surface area contributed by atoms with Gasteiger partial charge in [-0.05, 0) is 31.2 Å². The molecule has 0 N–H and O–H groups in total. The molecule has 0 spiro atoms. The molecule has 1 aromatic heterocycles. The van der Waals surface area contributed by atoms with Gasteiger partial charge in [0.05, 0.1) is 12.8 Å². The minimum absolute atomic E-state index is 0.0181. The van der Waals surface area contributed by atoms with E-state index in [-0.39, 0.29) is 28.5 Å². The maximum absolute atomic E-state index is 13.4. The lowest BCUT2D eigenvalue weighted by Gasteiger charge is -2.36. The Morgan fingerprint density at radius 2 is 1.64 bits per heavy atom. The second-order valence-corrected chi connectivity index (χ2v) is 7.46. The maximum Gasteiger partial charge on any atom is 0.573 e. The number of ether oxygens (including phenoxy) is 2. The molecule has 2 heterocycles. The van der Waals surface area contributed by atoms with Crippen molar-refractivity contribution in [1.82, 2.24) is 10.1 Å². The third kappa shape index (κ3) is 4.74. The lowest BCUT2D eigenvalue weighted by Crippen LogP contribution is -2.49. The van der Waals surface area contributed by atoms with Crippen LogP contribution < -0.4 is 14.4 Å². The summed E-state index contributed by atoms with van der Waals surface area (Å²) in [6.07, 6.45) is -4.88. The summed E-state index contributed by atoms with van der Waals surface area (Å²) in [6.45, 7) is 3.53. The molecule has 7 nitrogen and oxygen atoms in total. The number of anilines is 1. The molecule has 4 rings (SSSR count). The van der Waals surface area contributed by atoms with Crippen LogP contribution in [0, 0.1) is 6.92 Å². The van der Waals surface area contributed by atoms with Crippen LogP contribution in [0.2, 0.25) is 0 Å². The van der Waals surface area contributed by atoms with Crippen LogP contribution in [0.25, 0.3) is 11.3 Å². The number of benzene rings is 2. The molecular weight excluding hydrogens is 439 g/mol. The fraction of sp³-hybridized carbons (Fsp3) is 0.304. The summed E-state index contributed by atoms with van der Waals surface area (Å²) in [7, 11) is 1.61. The standard InChI is InChI=1S/C23H22F3N3O4/c1-15-20(21(27-33-15)16-7-3-5-9-18(16)32-23(24,25)26)22(30)29-13-11-28(12-14-29)17-8-4-6-10-19(17)31-2/h3-10H,11-14H2,1-2H3. The van der Waals surface area contributed by atoms with Gasteiger partial charge < -0.3 is 23.8 Å². The molecule has 1 amide bonds. The normalized spacial score (nSPS) is 14.3. The summed E-state index contributed by atoms with van der Waals surface area (Å²) in [5, 5.41) is 3.88. The highest BCUT2D eigenvalue weighted by molar-refractivity contribution is 6.01. The van der Waals surface area contributed by atoms with E-state index in [0.717, 1.165) is 11.4 Å². The number of aromatic nitrogens is 1. The van der Waals surface area contributed by atoms with Gasteiger partial charge in [0.2, 0.25) is 0 Å². The Labute approximate surface area is 188 Å². The highest BCUT2D eigenvalue weighted by Crippen LogP contribution is 2.36. The average Bonchev–Trinajstić information content (AvgIpc) is 3.19. The van der Waals surface area contributed by atoms with E-state index in [1.165, 1.54) is 18.2 Å². The predicted molar refractivity (Wildman–Crippen MR) is 114 cm³/mol. The molecule has 3 aromatic rings. The van der Waals surface area contributed by atoms with E-state index in [9.17, 15) is 18.0 Å². The van der Waals surface area contributed by atoms with Gasteiger partial charge in [-0.1, -0.05) is 29.4 Å². The monoisotopic (exact) mass is 461 g/mol. The van der Waals surface area contributed by atoms with Crippen LogP contribution in [-0.4, -0.2) is 55.6 Å². The molecule has 10 heteroatoms. The Morgan fingerprint density at radius 3 is 2.30 bits per heavy atom. The molecule has 1 aliphatic rings. The first-order valence-electron chi connectivity index (χ1n) is 10.3. The SMILES string of the molecule is COc1ccccc1N1CCN(C(=O)c2c(-c3ccccc3OC(F)(F)F)noc2C)CC1. The van der Waals surface area contributed by atoms with Crippen molar-refractivity contribution in [3.63, 3.8) is 0 Å². The number of aryl methyl sites for hydroxylation is 1. The Balaban J connectivity index is 1.57. The Morgan fingerprint density at radius 1 is 1.00 bits per heavy atom. The van der Waals surface area contributed by atoms with Gasteiger partial charge in [0.25, 0.3) is 5.91 Å². The number of piperazine rings is 1. The molecule has 0 aliphatic carbocycles. The molecule has 174 valence electrons. The van der Waals surface area contributed by atoms with E-state index in [0.29, 0.717) is 26.2 Å². The van der Waals surface area contributed by atoms with E-state index in [2.05, 4.69) is 14.8 Å². The number of para-hydroxylation sites is 3. The summed E-state index contributed by atoms with van der Waals surface area (Å²) in [4.78, 5) is 17.1. The van der Waals surface area contributed by atoms with Gasteiger partial charge in [-0.15, -0.1) is 13.2 Å². The number of carbonyl (C=O) groups is 1. The number of carbonyl (C=O) groups excluding carboxylic acids is 1. The summed E-state index contributed by atoms with van der Waals surface area (Å²) >= 11 is 0. The van der Waals surface area contributed by atoms with E-state index in [4.69, 9.17) is 9.26 Å². The van der Waals surface area contributed by atoms with Crippen molar-refractivity contribution >= 4 is 11.6 Å². The van der Waals surface area contributed by atoms with Crippen molar-refractivity contribution in [1.29, 1.82) is 0 Å². The first-order chi connectivity index (χ1) is 15.8. The zero-order valence-electron chi connectivity index (χ0n) is 18.1. The smallest absolute Gasteiger partial charge is 0.495 e. The largest absolute Gasteiger partial charge is 0.573 e. The van der Waals surface area contributed by atoms with Crippen molar-refractivity contribution in [2.24, 2.45) is 0 Å². The molecular formula is C23H22F3N3O4. The van der Waals surface area contributed by atoms with E-state index >= 15 is 0 Å². The third-order valence-electron chi connectivity index (χ3n) is 5.44. The second-order valence-electron chi connectivity index (χ2n) is 7.46. The zero-order valence-corrected chi connectivity index (χ0v) is 18.1. The second kappa shape index (κ2) is 9.05. The average molecular weight is 461 g/mol. The number of rotatable bonds is 5. The van der Waals surface area contributed by atoms with Crippen LogP contribution in [0.15, 0.2) is 53.1 Å². The molecule has 2 aromatic carbocycles. The first-order valence-corrected chi connectivity index (χ1v) is 10.3. The number of nitrogens with zero attached hydrogens (tertiary/aromatic N) is 3. The summed E-state index contributed by atoms with van der Waals surface area (Å²) < 4.78 is 53.4. The van der Waals surface area contributed by atoms with E-state index in [1.807, 2.05) is 24.3 Å². The number of halogens is 3. The minimum atomic E-state index is -4.88. The van der Waals surface area contributed by atoms with Crippen LogP contribution in [0.1, 0.15) is 16.1 Å². The van der Waals surface area contributed by atoms with Crippen molar-refractivity contribution in [3.05, 3.63) is 59.9 Å². The van der Waals surface area contributed by atoms with Crippen molar-refractivity contribution in [2.75, 3.05) is 38.2 Å². The highest BCUT2D eigenvalue weighted by atomic mass is 19.4. The van der Waals surface area contributed by atoms with Crippen molar-refractivity contribution in [2.45, 2.75) is 13.3 Å². The van der Waals surface area contributed by atoms with Gasteiger partial charge in [-0.2, -0.15) is 0 Å². The minimum Gasteiger partial charge on any atom is -0.495 e. The number of methoxy groups -OCH3 is 1. The van der Waals surface area contributed by atoms with Crippen LogP contribution in [0.5, 0.6) is 11.5 Å². The molecule has 0 saturated carbocycles. The van der Waals surface area contributed by atoms with Crippen LogP contribution in [-0.2, 0) is 0 Å². The number of hydrogen-bond donors (Lipinski definition) is 0. The van der Waals surface area contributed by atoms with Gasteiger partial charge in [-0.25, -0.2) is 0 Å². The van der Waals surface area contributed by atoms with Crippen LogP contribution >= 0.6 is 0 Å². The van der Waals surface area contributed by atoms with Crippen molar-refractivity contribution < 1.29 is 32.0 Å². The van der Waals surface area contributed by atoms with Gasteiger partial charge in [-0.3, -0.25) is 4.79 Å². The highest BCUT2D eigenvalue weighted by Gasteiger charge is 2.34. The zero-order chi connectivity index (χ0) is 23.6.